The van der Waals surface area contributed by atoms with Crippen LogP contribution in [0.3, 0.4) is 0 Å². The van der Waals surface area contributed by atoms with E-state index in [1.807, 2.05) is 25.7 Å². The maximum Gasteiger partial charge on any atom is 0.293 e. The van der Waals surface area contributed by atoms with E-state index in [0.717, 1.165) is 12.5 Å². The minimum absolute atomic E-state index is 0.0120. The van der Waals surface area contributed by atoms with Crippen LogP contribution in [0.2, 0.25) is 0 Å². The molecule has 0 aliphatic carbocycles. The van der Waals surface area contributed by atoms with Crippen molar-refractivity contribution in [3.63, 3.8) is 0 Å². The molecule has 0 aromatic heterocycles. The Bertz CT molecular complexity index is 951. The second-order valence-electron chi connectivity index (χ2n) is 8.91. The van der Waals surface area contributed by atoms with E-state index in [-0.39, 0.29) is 41.0 Å². The smallest absolute Gasteiger partial charge is 0.293 e. The number of nitro groups is 1. The lowest BCUT2D eigenvalue weighted by atomic mass is 9.93. The molecule has 0 spiro atoms. The topological polar surface area (TPSA) is 122 Å². The highest BCUT2D eigenvalue weighted by molar-refractivity contribution is 7.89. The number of hydrogen-bond acceptors (Lipinski definition) is 7. The third-order valence-corrected chi connectivity index (χ3v) is 8.20. The fourth-order valence-corrected chi connectivity index (χ4v) is 5.35. The van der Waals surface area contributed by atoms with Crippen LogP contribution < -0.4 is 10.2 Å². The number of nitro benzene ring substituents is 1. The van der Waals surface area contributed by atoms with Gasteiger partial charge in [0.25, 0.3) is 5.69 Å². The van der Waals surface area contributed by atoms with Gasteiger partial charge in [0.1, 0.15) is 5.69 Å². The number of rotatable bonds is 7. The van der Waals surface area contributed by atoms with E-state index in [9.17, 15) is 23.3 Å². The maximum atomic E-state index is 12.9. The number of ether oxygens (including phenoxy) is 1. The van der Waals surface area contributed by atoms with Gasteiger partial charge in [-0.15, -0.1) is 0 Å². The van der Waals surface area contributed by atoms with Crippen LogP contribution in [0.25, 0.3) is 0 Å². The molecule has 1 N–H and O–H groups in total. The van der Waals surface area contributed by atoms with Crippen LogP contribution in [-0.2, 0) is 19.6 Å². The number of carbonyl (C=O) groups is 1. The fourth-order valence-electron chi connectivity index (χ4n) is 3.92. The molecule has 1 aromatic rings. The number of benzene rings is 1. The summed E-state index contributed by atoms with van der Waals surface area (Å²) in [6.07, 6.45) is 1.98. The van der Waals surface area contributed by atoms with Crippen molar-refractivity contribution >= 4 is 27.3 Å². The van der Waals surface area contributed by atoms with E-state index >= 15 is 0 Å². The molecule has 0 atom stereocenters. The normalized spacial score (nSPS) is 19.0. The van der Waals surface area contributed by atoms with Crippen LogP contribution in [0, 0.1) is 16.0 Å². The number of hydrogen-bond donors (Lipinski definition) is 1. The van der Waals surface area contributed by atoms with Gasteiger partial charge in [0.15, 0.2) is 0 Å². The van der Waals surface area contributed by atoms with E-state index in [0.29, 0.717) is 44.8 Å². The van der Waals surface area contributed by atoms with Gasteiger partial charge in [-0.2, -0.15) is 4.31 Å². The van der Waals surface area contributed by atoms with Crippen molar-refractivity contribution in [3.05, 3.63) is 28.3 Å². The first-order valence-corrected chi connectivity index (χ1v) is 12.4. The molecular formula is C21H32N4O6S. The third kappa shape index (κ3) is 5.38. The Labute approximate surface area is 189 Å². The molecule has 1 amide bonds. The lowest BCUT2D eigenvalue weighted by Gasteiger charge is -2.34. The second kappa shape index (κ2) is 9.72. The summed E-state index contributed by atoms with van der Waals surface area (Å²) in [4.78, 5) is 25.6. The molecule has 2 saturated heterocycles. The Morgan fingerprint density at radius 3 is 2.41 bits per heavy atom. The van der Waals surface area contributed by atoms with Gasteiger partial charge in [0.2, 0.25) is 15.9 Å². The highest BCUT2D eigenvalue weighted by Crippen LogP contribution is 2.34. The summed E-state index contributed by atoms with van der Waals surface area (Å²) in [7, 11) is -3.83. The van der Waals surface area contributed by atoms with Crippen molar-refractivity contribution < 1.29 is 22.9 Å². The number of anilines is 1. The first kappa shape index (κ1) is 24.4. The Hall–Kier alpha value is -2.24. The molecule has 0 radical (unpaired) electrons. The number of nitrogens with one attached hydrogen (secondary N) is 1. The van der Waals surface area contributed by atoms with Crippen LogP contribution in [0.5, 0.6) is 0 Å². The van der Waals surface area contributed by atoms with Gasteiger partial charge >= 0.3 is 0 Å². The fraction of sp³-hybridized carbons (Fsp3) is 0.667. The summed E-state index contributed by atoms with van der Waals surface area (Å²) in [5.41, 5.74) is -0.132. The number of morpholine rings is 1. The van der Waals surface area contributed by atoms with Gasteiger partial charge in [-0.25, -0.2) is 8.42 Å². The Morgan fingerprint density at radius 2 is 1.84 bits per heavy atom. The van der Waals surface area contributed by atoms with Crippen LogP contribution in [0.4, 0.5) is 11.4 Å². The van der Waals surface area contributed by atoms with E-state index in [2.05, 4.69) is 5.32 Å². The largest absolute Gasteiger partial charge is 0.379 e. The molecule has 2 aliphatic heterocycles. The average Bonchev–Trinajstić information content (AvgIpc) is 2.79. The Morgan fingerprint density at radius 1 is 1.22 bits per heavy atom. The Kier molecular flexibility index (Phi) is 7.41. The minimum atomic E-state index is -3.83. The second-order valence-corrected chi connectivity index (χ2v) is 10.9. The molecule has 0 bridgehead atoms. The number of piperidine rings is 1. The third-order valence-electron chi connectivity index (χ3n) is 6.30. The van der Waals surface area contributed by atoms with E-state index < -0.39 is 14.9 Å². The van der Waals surface area contributed by atoms with Crippen LogP contribution in [0.1, 0.15) is 40.0 Å². The number of amides is 1. The molecule has 178 valence electrons. The van der Waals surface area contributed by atoms with Gasteiger partial charge in [0, 0.05) is 43.7 Å². The zero-order chi connectivity index (χ0) is 23.5. The lowest BCUT2D eigenvalue weighted by Crippen LogP contribution is -2.48. The highest BCUT2D eigenvalue weighted by Gasteiger charge is 2.33. The van der Waals surface area contributed by atoms with Crippen molar-refractivity contribution in [2.24, 2.45) is 5.92 Å². The number of sulfonamides is 1. The first-order chi connectivity index (χ1) is 15.0. The number of carbonyl (C=O) groups excluding carboxylic acids is 1. The van der Waals surface area contributed by atoms with Gasteiger partial charge in [-0.1, -0.05) is 6.92 Å². The molecule has 0 unspecified atom stereocenters. The summed E-state index contributed by atoms with van der Waals surface area (Å²) in [5, 5.41) is 14.8. The maximum absolute atomic E-state index is 12.9. The Balaban J connectivity index is 1.75. The molecule has 1 aromatic carbocycles. The van der Waals surface area contributed by atoms with Crippen molar-refractivity contribution in [2.45, 2.75) is 50.5 Å². The van der Waals surface area contributed by atoms with Crippen molar-refractivity contribution in [2.75, 3.05) is 44.3 Å². The summed E-state index contributed by atoms with van der Waals surface area (Å²) >= 11 is 0. The SMILES string of the molecule is CCC(C)(C)NC(=O)C1CCN(c2ccc(S(=O)(=O)N3CCOCC3)cc2[N+](=O)[O-])CC1. The minimum Gasteiger partial charge on any atom is -0.379 e. The summed E-state index contributed by atoms with van der Waals surface area (Å²) < 4.78 is 32.3. The van der Waals surface area contributed by atoms with Crippen molar-refractivity contribution in [1.29, 1.82) is 0 Å². The molecule has 11 heteroatoms. The quantitative estimate of drug-likeness (QED) is 0.480. The summed E-state index contributed by atoms with van der Waals surface area (Å²) in [6.45, 7) is 8.01. The monoisotopic (exact) mass is 468 g/mol. The van der Waals surface area contributed by atoms with Gasteiger partial charge in [-0.3, -0.25) is 14.9 Å². The van der Waals surface area contributed by atoms with E-state index in [1.165, 1.54) is 16.4 Å². The first-order valence-electron chi connectivity index (χ1n) is 11.0. The van der Waals surface area contributed by atoms with E-state index in [4.69, 9.17) is 4.74 Å². The average molecular weight is 469 g/mol. The van der Waals surface area contributed by atoms with Crippen molar-refractivity contribution in [3.8, 4) is 0 Å². The predicted molar refractivity (Wildman–Crippen MR) is 120 cm³/mol. The van der Waals surface area contributed by atoms with Gasteiger partial charge in [0.05, 0.1) is 23.0 Å². The molecule has 10 nitrogen and oxygen atoms in total. The molecule has 2 heterocycles. The molecule has 32 heavy (non-hydrogen) atoms. The van der Waals surface area contributed by atoms with Crippen LogP contribution >= 0.6 is 0 Å². The number of nitrogens with zero attached hydrogens (tertiary/aromatic N) is 3. The molecule has 3 rings (SSSR count). The summed E-state index contributed by atoms with van der Waals surface area (Å²) in [6, 6.07) is 4.07. The van der Waals surface area contributed by atoms with Crippen molar-refractivity contribution in [1.82, 2.24) is 9.62 Å². The van der Waals surface area contributed by atoms with E-state index in [1.54, 1.807) is 0 Å². The van der Waals surface area contributed by atoms with Crippen LogP contribution in [-0.4, -0.2) is 68.5 Å². The molecule has 2 aliphatic rings. The predicted octanol–water partition coefficient (Wildman–Crippen LogP) is 2.14. The lowest BCUT2D eigenvalue weighted by molar-refractivity contribution is -0.384. The molecular weight excluding hydrogens is 436 g/mol. The molecule has 2 fully saturated rings. The highest BCUT2D eigenvalue weighted by atomic mass is 32.2. The summed E-state index contributed by atoms with van der Waals surface area (Å²) in [5.74, 6) is -0.130. The van der Waals surface area contributed by atoms with Gasteiger partial charge in [-0.05, 0) is 45.2 Å². The van der Waals surface area contributed by atoms with Gasteiger partial charge < -0.3 is 15.0 Å². The standard InChI is InChI=1S/C21H32N4O6S/c1-4-21(2,3)22-20(26)16-7-9-23(10-8-16)18-6-5-17(15-19(18)25(27)28)32(29,30)24-11-13-31-14-12-24/h5-6,15-16H,4,7-14H2,1-3H3,(H,22,26). The zero-order valence-electron chi connectivity index (χ0n) is 18.9. The molecule has 0 saturated carbocycles. The zero-order valence-corrected chi connectivity index (χ0v) is 19.7. The van der Waals surface area contributed by atoms with Crippen LogP contribution in [0.15, 0.2) is 23.1 Å².